The summed E-state index contributed by atoms with van der Waals surface area (Å²) in [5, 5.41) is 7.50. The Kier molecular flexibility index (Phi) is 3.47. The van der Waals surface area contributed by atoms with Crippen LogP contribution < -0.4 is 5.32 Å². The molecule has 0 aliphatic carbocycles. The molecule has 1 aromatic carbocycles. The topological polar surface area (TPSA) is 68.0 Å². The Hall–Kier alpha value is -2.21. The van der Waals surface area contributed by atoms with Crippen LogP contribution in [0.25, 0.3) is 11.0 Å². The lowest BCUT2D eigenvalue weighted by Gasteiger charge is -2.02. The Morgan fingerprint density at radius 2 is 2.10 bits per heavy atom. The van der Waals surface area contributed by atoms with Gasteiger partial charge in [-0.1, -0.05) is 17.3 Å². The van der Waals surface area contributed by atoms with Gasteiger partial charge in [0.05, 0.1) is 6.42 Å². The maximum Gasteiger partial charge on any atom is 0.231 e. The van der Waals surface area contributed by atoms with Gasteiger partial charge in [-0.3, -0.25) is 4.79 Å². The lowest BCUT2D eigenvalue weighted by Crippen LogP contribution is -2.15. The van der Waals surface area contributed by atoms with Crippen molar-refractivity contribution in [2.75, 3.05) is 5.32 Å². The van der Waals surface area contributed by atoms with Crippen LogP contribution in [0.2, 0.25) is 0 Å². The number of para-hydroxylation sites is 1. The number of benzene rings is 1. The van der Waals surface area contributed by atoms with Crippen LogP contribution in [0.15, 0.2) is 51.6 Å². The molecule has 2 aromatic heterocycles. The van der Waals surface area contributed by atoms with Crippen LogP contribution in [0.3, 0.4) is 0 Å². The van der Waals surface area contributed by atoms with Gasteiger partial charge in [-0.05, 0) is 40.2 Å². The fraction of sp³-hybridized carbons (Fsp3) is 0.0714. The lowest BCUT2D eigenvalue weighted by atomic mass is 10.1. The third-order valence-corrected chi connectivity index (χ3v) is 3.24. The predicted octanol–water partition coefficient (Wildman–Crippen LogP) is 3.17. The van der Waals surface area contributed by atoms with Crippen molar-refractivity contribution < 1.29 is 9.32 Å². The van der Waals surface area contributed by atoms with E-state index in [1.54, 1.807) is 12.3 Å². The monoisotopic (exact) mass is 331 g/mol. The molecule has 6 heteroatoms. The van der Waals surface area contributed by atoms with Gasteiger partial charge in [0.2, 0.25) is 5.91 Å². The van der Waals surface area contributed by atoms with Crippen molar-refractivity contribution in [3.8, 4) is 0 Å². The molecule has 0 atom stereocenters. The highest BCUT2D eigenvalue weighted by Crippen LogP contribution is 2.18. The molecule has 0 saturated carbocycles. The Bertz CT molecular complexity index is 752. The number of carbonyl (C=O) groups is 1. The minimum absolute atomic E-state index is 0.148. The predicted molar refractivity (Wildman–Crippen MR) is 78.3 cm³/mol. The van der Waals surface area contributed by atoms with Crippen molar-refractivity contribution in [2.24, 2.45) is 0 Å². The zero-order valence-electron chi connectivity index (χ0n) is 10.3. The molecule has 5 nitrogen and oxygen atoms in total. The molecule has 0 saturated heterocycles. The first kappa shape index (κ1) is 12.8. The summed E-state index contributed by atoms with van der Waals surface area (Å²) in [6.45, 7) is 0. The number of aromatic nitrogens is 2. The average Bonchev–Trinajstić information content (AvgIpc) is 2.85. The number of hydrogen-bond donors (Lipinski definition) is 1. The number of amides is 1. The minimum Gasteiger partial charge on any atom is -0.356 e. The number of pyridine rings is 1. The molecule has 0 bridgehead atoms. The number of nitrogens with zero attached hydrogens (tertiary/aromatic N) is 2. The quantitative estimate of drug-likeness (QED) is 0.800. The summed E-state index contributed by atoms with van der Waals surface area (Å²) in [4.78, 5) is 16.1. The smallest absolute Gasteiger partial charge is 0.231 e. The van der Waals surface area contributed by atoms with Crippen LogP contribution >= 0.6 is 15.9 Å². The number of hydrogen-bond acceptors (Lipinski definition) is 4. The van der Waals surface area contributed by atoms with Crippen LogP contribution in [-0.2, 0) is 11.2 Å². The molecule has 3 aromatic rings. The van der Waals surface area contributed by atoms with Gasteiger partial charge in [0.25, 0.3) is 0 Å². The molecule has 100 valence electrons. The van der Waals surface area contributed by atoms with Crippen LogP contribution in [-0.4, -0.2) is 16.0 Å². The maximum absolute atomic E-state index is 12.0. The second-order valence-corrected chi connectivity index (χ2v) is 5.13. The molecule has 0 unspecified atom stereocenters. The molecule has 20 heavy (non-hydrogen) atoms. The molecule has 0 radical (unpaired) electrons. The standard InChI is InChI=1S/C14H10BrN3O2/c15-9-5-6-13(16-8-9)17-14(19)7-11-10-3-1-2-4-12(10)20-18-11/h1-6,8H,7H2,(H,16,17,19). The fourth-order valence-electron chi connectivity index (χ4n) is 1.85. The zero-order chi connectivity index (χ0) is 13.9. The molecule has 0 aliphatic heterocycles. The van der Waals surface area contributed by atoms with Crippen molar-refractivity contribution in [2.45, 2.75) is 6.42 Å². The van der Waals surface area contributed by atoms with Crippen molar-refractivity contribution in [3.05, 3.63) is 52.8 Å². The van der Waals surface area contributed by atoms with Crippen molar-refractivity contribution in [1.29, 1.82) is 0 Å². The van der Waals surface area contributed by atoms with E-state index in [9.17, 15) is 4.79 Å². The highest BCUT2D eigenvalue weighted by atomic mass is 79.9. The van der Waals surface area contributed by atoms with Gasteiger partial charge < -0.3 is 9.84 Å². The molecule has 0 spiro atoms. The van der Waals surface area contributed by atoms with E-state index >= 15 is 0 Å². The van der Waals surface area contributed by atoms with E-state index in [0.717, 1.165) is 9.86 Å². The third-order valence-electron chi connectivity index (χ3n) is 2.78. The van der Waals surface area contributed by atoms with E-state index in [2.05, 4.69) is 31.4 Å². The molecule has 2 heterocycles. The maximum atomic E-state index is 12.0. The van der Waals surface area contributed by atoms with Crippen molar-refractivity contribution in [1.82, 2.24) is 10.1 Å². The molecule has 0 fully saturated rings. The van der Waals surface area contributed by atoms with E-state index in [4.69, 9.17) is 4.52 Å². The second-order valence-electron chi connectivity index (χ2n) is 4.21. The van der Waals surface area contributed by atoms with Gasteiger partial charge in [-0.2, -0.15) is 0 Å². The summed E-state index contributed by atoms with van der Waals surface area (Å²) in [5.41, 5.74) is 1.30. The summed E-state index contributed by atoms with van der Waals surface area (Å²) in [6.07, 6.45) is 1.77. The van der Waals surface area contributed by atoms with Crippen molar-refractivity contribution in [3.63, 3.8) is 0 Å². The van der Waals surface area contributed by atoms with E-state index in [1.165, 1.54) is 0 Å². The van der Waals surface area contributed by atoms with Crippen LogP contribution in [0.1, 0.15) is 5.69 Å². The first-order chi connectivity index (χ1) is 9.72. The first-order valence-electron chi connectivity index (χ1n) is 5.97. The summed E-state index contributed by atoms with van der Waals surface area (Å²) < 4.78 is 6.02. The summed E-state index contributed by atoms with van der Waals surface area (Å²) >= 11 is 3.29. The van der Waals surface area contributed by atoms with E-state index in [1.807, 2.05) is 30.3 Å². The van der Waals surface area contributed by atoms with Crippen LogP contribution in [0.5, 0.6) is 0 Å². The zero-order valence-corrected chi connectivity index (χ0v) is 11.9. The van der Waals surface area contributed by atoms with E-state index in [0.29, 0.717) is 17.1 Å². The minimum atomic E-state index is -0.182. The number of anilines is 1. The lowest BCUT2D eigenvalue weighted by molar-refractivity contribution is -0.115. The molecule has 0 aliphatic rings. The summed E-state index contributed by atoms with van der Waals surface area (Å²) in [6, 6.07) is 11.0. The number of carbonyl (C=O) groups excluding carboxylic acids is 1. The van der Waals surface area contributed by atoms with Gasteiger partial charge in [0.1, 0.15) is 11.5 Å². The van der Waals surface area contributed by atoms with Gasteiger partial charge in [0.15, 0.2) is 5.58 Å². The van der Waals surface area contributed by atoms with Gasteiger partial charge >= 0.3 is 0 Å². The molecular weight excluding hydrogens is 322 g/mol. The van der Waals surface area contributed by atoms with Gasteiger partial charge in [-0.15, -0.1) is 0 Å². The third kappa shape index (κ3) is 2.70. The highest BCUT2D eigenvalue weighted by Gasteiger charge is 2.12. The SMILES string of the molecule is O=C(Cc1noc2ccccc12)Nc1ccc(Br)cn1. The van der Waals surface area contributed by atoms with Crippen molar-refractivity contribution >= 4 is 38.6 Å². The summed E-state index contributed by atoms with van der Waals surface area (Å²) in [5.74, 6) is 0.324. The Balaban J connectivity index is 1.74. The number of halogens is 1. The fourth-order valence-corrected chi connectivity index (χ4v) is 2.09. The number of nitrogens with one attached hydrogen (secondary N) is 1. The number of fused-ring (bicyclic) bond motifs is 1. The van der Waals surface area contributed by atoms with E-state index in [-0.39, 0.29) is 12.3 Å². The summed E-state index contributed by atoms with van der Waals surface area (Å²) in [7, 11) is 0. The Labute approximate surface area is 123 Å². The molecule has 3 rings (SSSR count). The Morgan fingerprint density at radius 3 is 2.90 bits per heavy atom. The highest BCUT2D eigenvalue weighted by molar-refractivity contribution is 9.10. The first-order valence-corrected chi connectivity index (χ1v) is 6.76. The van der Waals surface area contributed by atoms with Crippen LogP contribution in [0, 0.1) is 0 Å². The molecular formula is C14H10BrN3O2. The largest absolute Gasteiger partial charge is 0.356 e. The molecule has 1 N–H and O–H groups in total. The normalized spacial score (nSPS) is 10.7. The molecule has 1 amide bonds. The number of rotatable bonds is 3. The van der Waals surface area contributed by atoms with Gasteiger partial charge in [0, 0.05) is 16.1 Å². The van der Waals surface area contributed by atoms with E-state index < -0.39 is 0 Å². The Morgan fingerprint density at radius 1 is 1.25 bits per heavy atom. The van der Waals surface area contributed by atoms with Crippen LogP contribution in [0.4, 0.5) is 5.82 Å². The van der Waals surface area contributed by atoms with Gasteiger partial charge in [-0.25, -0.2) is 4.98 Å². The average molecular weight is 332 g/mol. The second kappa shape index (κ2) is 5.42.